The van der Waals surface area contributed by atoms with Crippen molar-refractivity contribution in [1.29, 1.82) is 0 Å². The lowest BCUT2D eigenvalue weighted by Gasteiger charge is -2.18. The Morgan fingerprint density at radius 1 is 1.16 bits per heavy atom. The van der Waals surface area contributed by atoms with Gasteiger partial charge >= 0.3 is 0 Å². The zero-order chi connectivity index (χ0) is 22.7. The van der Waals surface area contributed by atoms with Crippen molar-refractivity contribution in [1.82, 2.24) is 25.0 Å². The molecule has 1 aromatic carbocycles. The molecule has 9 nitrogen and oxygen atoms in total. The van der Waals surface area contributed by atoms with Crippen LogP contribution in [0.1, 0.15) is 22.3 Å². The Labute approximate surface area is 187 Å². The van der Waals surface area contributed by atoms with Crippen LogP contribution >= 0.6 is 0 Å². The molecule has 1 aliphatic heterocycles. The molecule has 3 heterocycles. The number of hydrogen-bond donors (Lipinski definition) is 2. The molecule has 32 heavy (non-hydrogen) atoms. The number of carbonyl (C=O) groups is 1. The maximum absolute atomic E-state index is 12.9. The van der Waals surface area contributed by atoms with Gasteiger partial charge in [0.2, 0.25) is 0 Å². The average Bonchev–Trinajstić information content (AvgIpc) is 3.42. The number of aromatic nitrogens is 3. The summed E-state index contributed by atoms with van der Waals surface area (Å²) < 4.78 is 12.4. The first-order valence-electron chi connectivity index (χ1n) is 10.4. The molecule has 168 valence electrons. The van der Waals surface area contributed by atoms with Crippen molar-refractivity contribution in [3.05, 3.63) is 54.0 Å². The predicted molar refractivity (Wildman–Crippen MR) is 122 cm³/mol. The van der Waals surface area contributed by atoms with Gasteiger partial charge in [-0.2, -0.15) is 5.10 Å². The first kappa shape index (κ1) is 21.6. The number of likely N-dealkylation sites (tertiary alicyclic amines) is 1. The van der Waals surface area contributed by atoms with Gasteiger partial charge < -0.3 is 20.5 Å². The second kappa shape index (κ2) is 9.27. The third-order valence-electron chi connectivity index (χ3n) is 5.63. The first-order valence-corrected chi connectivity index (χ1v) is 10.4. The molecule has 0 saturated carbocycles. The Hall–Kier alpha value is -3.59. The Bertz CT molecular complexity index is 1090. The molecule has 1 atom stereocenters. The van der Waals surface area contributed by atoms with Gasteiger partial charge in [-0.15, -0.1) is 0 Å². The molecule has 0 spiro atoms. The highest BCUT2D eigenvalue weighted by Gasteiger charge is 2.25. The van der Waals surface area contributed by atoms with Crippen LogP contribution in [0.15, 0.2) is 42.9 Å². The van der Waals surface area contributed by atoms with Crippen molar-refractivity contribution in [2.75, 3.05) is 33.0 Å². The molecule has 9 heteroatoms. The molecule has 1 aliphatic rings. The number of benzene rings is 1. The van der Waals surface area contributed by atoms with E-state index in [1.165, 1.54) is 0 Å². The molecule has 1 fully saturated rings. The average molecular weight is 437 g/mol. The van der Waals surface area contributed by atoms with Crippen LogP contribution in [-0.2, 0) is 13.6 Å². The number of anilines is 1. The monoisotopic (exact) mass is 436 g/mol. The topological polar surface area (TPSA) is 108 Å². The number of aryl methyl sites for hydroxylation is 1. The summed E-state index contributed by atoms with van der Waals surface area (Å²) in [7, 11) is 5.13. The highest BCUT2D eigenvalue weighted by molar-refractivity contribution is 5.99. The number of pyridine rings is 1. The van der Waals surface area contributed by atoms with Crippen molar-refractivity contribution in [2.24, 2.45) is 7.05 Å². The third-order valence-corrected chi connectivity index (χ3v) is 5.63. The highest BCUT2D eigenvalue weighted by Crippen LogP contribution is 2.25. The molecule has 3 aromatic rings. The van der Waals surface area contributed by atoms with E-state index in [-0.39, 0.29) is 17.8 Å². The Kier molecular flexibility index (Phi) is 6.27. The predicted octanol–water partition coefficient (Wildman–Crippen LogP) is 2.09. The zero-order valence-electron chi connectivity index (χ0n) is 18.5. The highest BCUT2D eigenvalue weighted by atomic mass is 16.5. The van der Waals surface area contributed by atoms with Crippen molar-refractivity contribution < 1.29 is 14.3 Å². The van der Waals surface area contributed by atoms with E-state index >= 15 is 0 Å². The second-order valence-electron chi connectivity index (χ2n) is 7.97. The van der Waals surface area contributed by atoms with Gasteiger partial charge in [-0.05, 0) is 30.2 Å². The summed E-state index contributed by atoms with van der Waals surface area (Å²) in [4.78, 5) is 19.4. The Morgan fingerprint density at radius 3 is 2.56 bits per heavy atom. The standard InChI is InChI=1S/C23H28N6O3/c1-28-13-17(11-26-28)16-8-21(22(24)25-10-16)23(30)27-18-4-5-29(14-18)12-15-6-19(31-2)9-20(7-15)32-3/h6-11,13,18H,4-5,12,14H2,1-3H3,(H2,24,25)(H,27,30)/t18-/m1/s1. The fraction of sp³-hybridized carbons (Fsp3) is 0.348. The van der Waals surface area contributed by atoms with Crippen LogP contribution in [0.3, 0.4) is 0 Å². The fourth-order valence-corrected chi connectivity index (χ4v) is 3.96. The van der Waals surface area contributed by atoms with Crippen LogP contribution in [0, 0.1) is 0 Å². The normalized spacial score (nSPS) is 16.2. The lowest BCUT2D eigenvalue weighted by atomic mass is 10.1. The lowest BCUT2D eigenvalue weighted by molar-refractivity contribution is 0.0938. The smallest absolute Gasteiger partial charge is 0.255 e. The zero-order valence-corrected chi connectivity index (χ0v) is 18.5. The summed E-state index contributed by atoms with van der Waals surface area (Å²) in [6, 6.07) is 7.67. The lowest BCUT2D eigenvalue weighted by Crippen LogP contribution is -2.37. The number of nitrogens with two attached hydrogens (primary N) is 1. The number of methoxy groups -OCH3 is 2. The number of nitrogens with zero attached hydrogens (tertiary/aromatic N) is 4. The number of rotatable bonds is 7. The van der Waals surface area contributed by atoms with E-state index in [2.05, 4.69) is 20.3 Å². The van der Waals surface area contributed by atoms with Crippen LogP contribution in [0.25, 0.3) is 11.1 Å². The largest absolute Gasteiger partial charge is 0.497 e. The number of nitrogens with one attached hydrogen (secondary N) is 1. The molecular weight excluding hydrogens is 408 g/mol. The minimum atomic E-state index is -0.212. The minimum absolute atomic E-state index is 0.0384. The van der Waals surface area contributed by atoms with Crippen LogP contribution in [-0.4, -0.2) is 58.9 Å². The van der Waals surface area contributed by atoms with Gasteiger partial charge in [-0.25, -0.2) is 4.98 Å². The van der Waals surface area contributed by atoms with Crippen LogP contribution < -0.4 is 20.5 Å². The summed E-state index contributed by atoms with van der Waals surface area (Å²) in [5.41, 5.74) is 9.17. The molecule has 1 amide bonds. The van der Waals surface area contributed by atoms with Crippen molar-refractivity contribution in [3.63, 3.8) is 0 Å². The molecule has 2 aromatic heterocycles. The molecule has 3 N–H and O–H groups in total. The second-order valence-corrected chi connectivity index (χ2v) is 7.97. The molecule has 0 aliphatic carbocycles. The first-order chi connectivity index (χ1) is 15.4. The van der Waals surface area contributed by atoms with Gasteiger partial charge in [0.25, 0.3) is 5.91 Å². The maximum atomic E-state index is 12.9. The summed E-state index contributed by atoms with van der Waals surface area (Å²) in [6.45, 7) is 2.38. The maximum Gasteiger partial charge on any atom is 0.255 e. The molecule has 1 saturated heterocycles. The number of ether oxygens (including phenoxy) is 2. The van der Waals surface area contributed by atoms with Gasteiger partial charge in [0, 0.05) is 62.3 Å². The van der Waals surface area contributed by atoms with Gasteiger partial charge in [0.15, 0.2) is 0 Å². The molecule has 0 unspecified atom stereocenters. The molecule has 4 rings (SSSR count). The summed E-state index contributed by atoms with van der Waals surface area (Å²) in [5.74, 6) is 1.53. The molecular formula is C23H28N6O3. The van der Waals surface area contributed by atoms with Crippen molar-refractivity contribution in [3.8, 4) is 22.6 Å². The number of amides is 1. The number of carbonyl (C=O) groups excluding carboxylic acids is 1. The van der Waals surface area contributed by atoms with Crippen molar-refractivity contribution in [2.45, 2.75) is 19.0 Å². The fourth-order valence-electron chi connectivity index (χ4n) is 3.96. The number of nitrogen functional groups attached to an aromatic ring is 1. The Morgan fingerprint density at radius 2 is 1.91 bits per heavy atom. The van der Waals surface area contributed by atoms with Crippen LogP contribution in [0.2, 0.25) is 0 Å². The van der Waals surface area contributed by atoms with E-state index in [9.17, 15) is 4.79 Å². The van der Waals surface area contributed by atoms with Gasteiger partial charge in [-0.1, -0.05) is 0 Å². The SMILES string of the molecule is COc1cc(CN2CC[C@@H](NC(=O)c3cc(-c4cnn(C)c4)cnc3N)C2)cc(OC)c1. The van der Waals surface area contributed by atoms with Crippen LogP contribution in [0.4, 0.5) is 5.82 Å². The number of hydrogen-bond acceptors (Lipinski definition) is 7. The van der Waals surface area contributed by atoms with E-state index in [1.54, 1.807) is 37.4 Å². The quantitative estimate of drug-likeness (QED) is 0.584. The van der Waals surface area contributed by atoms with Gasteiger partial charge in [0.05, 0.1) is 26.0 Å². The third kappa shape index (κ3) is 4.83. The van der Waals surface area contributed by atoms with E-state index in [0.29, 0.717) is 5.56 Å². The van der Waals surface area contributed by atoms with Crippen LogP contribution in [0.5, 0.6) is 11.5 Å². The molecule has 0 radical (unpaired) electrons. The summed E-state index contributed by atoms with van der Waals surface area (Å²) >= 11 is 0. The molecule has 0 bridgehead atoms. The summed E-state index contributed by atoms with van der Waals surface area (Å²) in [6.07, 6.45) is 6.12. The van der Waals surface area contributed by atoms with Gasteiger partial charge in [0.1, 0.15) is 17.3 Å². The van der Waals surface area contributed by atoms with Crippen molar-refractivity contribution >= 4 is 11.7 Å². The van der Waals surface area contributed by atoms with Gasteiger partial charge in [-0.3, -0.25) is 14.4 Å². The van der Waals surface area contributed by atoms with E-state index in [4.69, 9.17) is 15.2 Å². The minimum Gasteiger partial charge on any atom is -0.497 e. The van der Waals surface area contributed by atoms with E-state index in [1.807, 2.05) is 31.4 Å². The van der Waals surface area contributed by atoms with E-state index < -0.39 is 0 Å². The Balaban J connectivity index is 1.40. The summed E-state index contributed by atoms with van der Waals surface area (Å²) in [5, 5.41) is 7.28. The van der Waals surface area contributed by atoms with E-state index in [0.717, 1.165) is 54.2 Å².